The second-order valence-electron chi connectivity index (χ2n) is 5.21. The zero-order valence-electron chi connectivity index (χ0n) is 11.9. The first-order valence-corrected chi connectivity index (χ1v) is 7.76. The van der Waals surface area contributed by atoms with E-state index in [0.29, 0.717) is 0 Å². The van der Waals surface area contributed by atoms with Gasteiger partial charge in [0.25, 0.3) is 0 Å². The number of nitrogens with one attached hydrogen (secondary N) is 1. The first kappa shape index (κ1) is 16.3. The van der Waals surface area contributed by atoms with Crippen LogP contribution in [0.3, 0.4) is 0 Å². The third-order valence-corrected chi connectivity index (χ3v) is 4.08. The van der Waals surface area contributed by atoms with Gasteiger partial charge in [0.1, 0.15) is 11.4 Å². The van der Waals surface area contributed by atoms with E-state index in [1.807, 2.05) is 0 Å². The number of ether oxygens (including phenoxy) is 1. The molecule has 1 amide bonds. The Bertz CT molecular complexity index is 602. The lowest BCUT2D eigenvalue weighted by Crippen LogP contribution is -2.27. The van der Waals surface area contributed by atoms with Crippen LogP contribution in [0.25, 0.3) is 0 Å². The third kappa shape index (κ3) is 4.41. The molecular formula is C13H19NO5S. The molecule has 0 saturated carbocycles. The summed E-state index contributed by atoms with van der Waals surface area (Å²) in [7, 11) is -3.41. The van der Waals surface area contributed by atoms with Crippen LogP contribution in [0, 0.1) is 0 Å². The van der Waals surface area contributed by atoms with E-state index in [1.165, 1.54) is 25.1 Å². The van der Waals surface area contributed by atoms with Gasteiger partial charge in [-0.1, -0.05) is 6.92 Å². The van der Waals surface area contributed by atoms with Gasteiger partial charge in [0, 0.05) is 0 Å². The summed E-state index contributed by atoms with van der Waals surface area (Å²) in [6, 6.07) is 3.71. The lowest BCUT2D eigenvalue weighted by Gasteiger charge is -2.20. The van der Waals surface area contributed by atoms with Gasteiger partial charge in [0.05, 0.1) is 16.3 Å². The van der Waals surface area contributed by atoms with Crippen LogP contribution in [0.5, 0.6) is 5.75 Å². The molecule has 0 unspecified atom stereocenters. The monoisotopic (exact) mass is 301 g/mol. The minimum atomic E-state index is -3.41. The Labute approximate surface area is 118 Å². The van der Waals surface area contributed by atoms with E-state index < -0.39 is 21.5 Å². The van der Waals surface area contributed by atoms with E-state index in [2.05, 4.69) is 5.32 Å². The number of phenols is 1. The van der Waals surface area contributed by atoms with Crippen molar-refractivity contribution in [3.63, 3.8) is 0 Å². The molecule has 0 aliphatic rings. The van der Waals surface area contributed by atoms with Crippen molar-refractivity contribution in [2.24, 2.45) is 0 Å². The Hall–Kier alpha value is -1.76. The molecule has 0 aromatic heterocycles. The maximum Gasteiger partial charge on any atom is 0.412 e. The van der Waals surface area contributed by atoms with Gasteiger partial charge >= 0.3 is 6.09 Å². The Morgan fingerprint density at radius 1 is 1.35 bits per heavy atom. The Kier molecular flexibility index (Phi) is 4.65. The highest BCUT2D eigenvalue weighted by Gasteiger charge is 2.19. The third-order valence-electron chi connectivity index (χ3n) is 2.34. The van der Waals surface area contributed by atoms with Crippen molar-refractivity contribution >= 4 is 21.6 Å². The van der Waals surface area contributed by atoms with Gasteiger partial charge in [-0.3, -0.25) is 5.32 Å². The molecule has 0 saturated heterocycles. The predicted octanol–water partition coefficient (Wildman–Crippen LogP) is 2.53. The second kappa shape index (κ2) is 5.70. The molecular weight excluding hydrogens is 282 g/mol. The molecule has 0 aliphatic heterocycles. The van der Waals surface area contributed by atoms with Crippen molar-refractivity contribution in [1.82, 2.24) is 0 Å². The number of sulfone groups is 1. The summed E-state index contributed by atoms with van der Waals surface area (Å²) in [5, 5.41) is 12.0. The maximum atomic E-state index is 11.8. The summed E-state index contributed by atoms with van der Waals surface area (Å²) in [5.74, 6) is -0.296. The average Bonchev–Trinajstić information content (AvgIpc) is 2.29. The van der Waals surface area contributed by atoms with E-state index in [1.54, 1.807) is 20.8 Å². The summed E-state index contributed by atoms with van der Waals surface area (Å²) in [6.07, 6.45) is -0.765. The Balaban J connectivity index is 3.02. The van der Waals surface area contributed by atoms with Crippen molar-refractivity contribution in [1.29, 1.82) is 0 Å². The van der Waals surface area contributed by atoms with E-state index in [4.69, 9.17) is 4.74 Å². The smallest absolute Gasteiger partial charge is 0.412 e. The quantitative estimate of drug-likeness (QED) is 0.837. The largest absolute Gasteiger partial charge is 0.506 e. The maximum absolute atomic E-state index is 11.8. The first-order chi connectivity index (χ1) is 9.05. The van der Waals surface area contributed by atoms with Gasteiger partial charge in [-0.2, -0.15) is 0 Å². The van der Waals surface area contributed by atoms with Crippen molar-refractivity contribution in [2.45, 2.75) is 38.2 Å². The normalized spacial score (nSPS) is 12.0. The van der Waals surface area contributed by atoms with Gasteiger partial charge < -0.3 is 9.84 Å². The van der Waals surface area contributed by atoms with Gasteiger partial charge in [-0.05, 0) is 39.0 Å². The van der Waals surface area contributed by atoms with Crippen LogP contribution in [-0.2, 0) is 14.6 Å². The number of hydrogen-bond acceptors (Lipinski definition) is 5. The summed E-state index contributed by atoms with van der Waals surface area (Å²) in [6.45, 7) is 6.61. The van der Waals surface area contributed by atoms with Crippen molar-refractivity contribution in [3.05, 3.63) is 18.2 Å². The molecule has 112 valence electrons. The minimum absolute atomic E-state index is 0.00576. The second-order valence-corrected chi connectivity index (χ2v) is 7.49. The molecule has 1 aromatic rings. The highest BCUT2D eigenvalue weighted by atomic mass is 32.2. The number of benzene rings is 1. The predicted molar refractivity (Wildman–Crippen MR) is 75.7 cm³/mol. The number of hydrogen-bond donors (Lipinski definition) is 2. The standard InChI is InChI=1S/C13H19NO5S/c1-5-20(17,18)9-6-7-11(15)10(8-9)14-12(16)19-13(2,3)4/h6-8,15H,5H2,1-4H3,(H,14,16). The van der Waals surface area contributed by atoms with Crippen LogP contribution >= 0.6 is 0 Å². The lowest BCUT2D eigenvalue weighted by molar-refractivity contribution is 0.0635. The molecule has 0 aliphatic carbocycles. The van der Waals surface area contributed by atoms with Crippen molar-refractivity contribution < 1.29 is 23.1 Å². The molecule has 0 atom stereocenters. The summed E-state index contributed by atoms with van der Waals surface area (Å²) in [5.41, 5.74) is -0.693. The van der Waals surface area contributed by atoms with Gasteiger partial charge in [0.15, 0.2) is 9.84 Å². The highest BCUT2D eigenvalue weighted by molar-refractivity contribution is 7.91. The van der Waals surface area contributed by atoms with Crippen molar-refractivity contribution in [3.8, 4) is 5.75 Å². The molecule has 0 radical (unpaired) electrons. The summed E-state index contributed by atoms with van der Waals surface area (Å²) < 4.78 is 28.5. The zero-order chi connectivity index (χ0) is 15.6. The van der Waals surface area contributed by atoms with E-state index >= 15 is 0 Å². The van der Waals surface area contributed by atoms with Gasteiger partial charge in [-0.15, -0.1) is 0 Å². The topological polar surface area (TPSA) is 92.7 Å². The molecule has 2 N–H and O–H groups in total. The summed E-state index contributed by atoms with van der Waals surface area (Å²) in [4.78, 5) is 11.6. The molecule has 1 rings (SSSR count). The number of amides is 1. The SMILES string of the molecule is CCS(=O)(=O)c1ccc(O)c(NC(=O)OC(C)(C)C)c1. The molecule has 0 bridgehead atoms. The van der Waals surface area contributed by atoms with Crippen LogP contribution in [0.2, 0.25) is 0 Å². The number of carbonyl (C=O) groups is 1. The molecule has 0 fully saturated rings. The number of carbonyl (C=O) groups excluding carboxylic acids is 1. The fraction of sp³-hybridized carbons (Fsp3) is 0.462. The molecule has 0 heterocycles. The Morgan fingerprint density at radius 2 is 1.95 bits per heavy atom. The molecule has 6 nitrogen and oxygen atoms in total. The van der Waals surface area contributed by atoms with Crippen LogP contribution in [0.4, 0.5) is 10.5 Å². The molecule has 7 heteroatoms. The Morgan fingerprint density at radius 3 is 2.45 bits per heavy atom. The average molecular weight is 301 g/mol. The van der Waals surface area contributed by atoms with Gasteiger partial charge in [-0.25, -0.2) is 13.2 Å². The first-order valence-electron chi connectivity index (χ1n) is 6.11. The molecule has 0 spiro atoms. The fourth-order valence-corrected chi connectivity index (χ4v) is 2.30. The number of phenolic OH excluding ortho intramolecular Hbond substituents is 1. The number of anilines is 1. The van der Waals surface area contributed by atoms with E-state index in [-0.39, 0.29) is 22.1 Å². The van der Waals surface area contributed by atoms with Crippen molar-refractivity contribution in [2.75, 3.05) is 11.1 Å². The lowest BCUT2D eigenvalue weighted by atomic mass is 10.2. The molecule has 1 aromatic carbocycles. The van der Waals surface area contributed by atoms with Crippen LogP contribution < -0.4 is 5.32 Å². The molecule has 20 heavy (non-hydrogen) atoms. The fourth-order valence-electron chi connectivity index (χ4n) is 1.39. The highest BCUT2D eigenvalue weighted by Crippen LogP contribution is 2.27. The van der Waals surface area contributed by atoms with Crippen LogP contribution in [0.15, 0.2) is 23.1 Å². The summed E-state index contributed by atoms with van der Waals surface area (Å²) >= 11 is 0. The number of rotatable bonds is 3. The van der Waals surface area contributed by atoms with Crippen LogP contribution in [-0.4, -0.2) is 31.0 Å². The van der Waals surface area contributed by atoms with E-state index in [9.17, 15) is 18.3 Å². The van der Waals surface area contributed by atoms with E-state index in [0.717, 1.165) is 0 Å². The zero-order valence-corrected chi connectivity index (χ0v) is 12.7. The number of aromatic hydroxyl groups is 1. The van der Waals surface area contributed by atoms with Crippen LogP contribution in [0.1, 0.15) is 27.7 Å². The minimum Gasteiger partial charge on any atom is -0.506 e. The van der Waals surface area contributed by atoms with Gasteiger partial charge in [0.2, 0.25) is 0 Å².